The van der Waals surface area contributed by atoms with Crippen molar-refractivity contribution in [2.24, 2.45) is 0 Å². The van der Waals surface area contributed by atoms with E-state index in [4.69, 9.17) is 11.6 Å². The van der Waals surface area contributed by atoms with Gasteiger partial charge in [0.05, 0.1) is 0 Å². The van der Waals surface area contributed by atoms with Crippen molar-refractivity contribution in [3.05, 3.63) is 35.4 Å². The molecule has 0 N–H and O–H groups in total. The van der Waals surface area contributed by atoms with E-state index in [0.29, 0.717) is 11.3 Å². The molecule has 18 heavy (non-hydrogen) atoms. The van der Waals surface area contributed by atoms with Crippen molar-refractivity contribution in [1.29, 1.82) is 0 Å². The Balaban J connectivity index is 1.70. The molecule has 0 heterocycles. The zero-order valence-electron chi connectivity index (χ0n) is 11.1. The molecule has 2 aliphatic carbocycles. The van der Waals surface area contributed by atoms with Crippen LogP contribution in [0.2, 0.25) is 0 Å². The second-order valence-corrected chi connectivity index (χ2v) is 6.73. The van der Waals surface area contributed by atoms with E-state index in [1.54, 1.807) is 5.56 Å². The van der Waals surface area contributed by atoms with Gasteiger partial charge in [0, 0.05) is 5.38 Å². The average molecular weight is 263 g/mol. The first kappa shape index (κ1) is 12.5. The van der Waals surface area contributed by atoms with E-state index in [2.05, 4.69) is 24.3 Å². The molecule has 98 valence electrons. The quantitative estimate of drug-likeness (QED) is 0.480. The zero-order valence-corrected chi connectivity index (χ0v) is 11.8. The molecule has 0 bridgehead atoms. The van der Waals surface area contributed by atoms with Gasteiger partial charge in [-0.3, -0.25) is 0 Å². The van der Waals surface area contributed by atoms with Gasteiger partial charge in [0.15, 0.2) is 0 Å². The Bertz CT molecular complexity index is 377. The smallest absolute Gasteiger partial charge is 0.0341 e. The van der Waals surface area contributed by atoms with Gasteiger partial charge in [-0.2, -0.15) is 0 Å². The Morgan fingerprint density at radius 1 is 0.722 bits per heavy atom. The maximum Gasteiger partial charge on any atom is 0.0341 e. The van der Waals surface area contributed by atoms with Crippen molar-refractivity contribution < 1.29 is 0 Å². The van der Waals surface area contributed by atoms with Crippen LogP contribution in [-0.2, 0) is 0 Å². The average Bonchev–Trinajstić information content (AvgIpc) is 2.53. The third-order valence-electron chi connectivity index (χ3n) is 4.84. The van der Waals surface area contributed by atoms with Crippen LogP contribution < -0.4 is 0 Å². The van der Waals surface area contributed by atoms with Crippen LogP contribution in [0.3, 0.4) is 0 Å². The molecule has 2 saturated carbocycles. The summed E-state index contributed by atoms with van der Waals surface area (Å²) in [7, 11) is 0. The van der Waals surface area contributed by atoms with Gasteiger partial charge in [-0.1, -0.05) is 43.5 Å². The van der Waals surface area contributed by atoms with Gasteiger partial charge >= 0.3 is 0 Å². The van der Waals surface area contributed by atoms with Gasteiger partial charge in [-0.25, -0.2) is 0 Å². The largest absolute Gasteiger partial charge is 0.123 e. The summed E-state index contributed by atoms with van der Waals surface area (Å²) < 4.78 is 0. The van der Waals surface area contributed by atoms with Crippen LogP contribution in [-0.4, -0.2) is 5.38 Å². The van der Waals surface area contributed by atoms with Gasteiger partial charge in [-0.15, -0.1) is 11.6 Å². The topological polar surface area (TPSA) is 0 Å². The number of alkyl halides is 1. The summed E-state index contributed by atoms with van der Waals surface area (Å²) in [5.41, 5.74) is 3.08. The van der Waals surface area contributed by atoms with Crippen LogP contribution in [0, 0.1) is 0 Å². The third kappa shape index (κ3) is 2.74. The minimum atomic E-state index is 0.392. The van der Waals surface area contributed by atoms with Crippen molar-refractivity contribution >= 4 is 11.6 Å². The summed E-state index contributed by atoms with van der Waals surface area (Å²) >= 11 is 6.38. The molecule has 2 atom stereocenters. The molecule has 1 aromatic carbocycles. The standard InChI is InChI=1S/C17H23Cl/c18-17-7-2-1-4-16(12-17)15-10-8-14(9-11-15)13-5-3-6-13/h8-11,13,16-17H,1-7,12H2. The molecule has 0 nitrogen and oxygen atoms in total. The maximum absolute atomic E-state index is 6.38. The fraction of sp³-hybridized carbons (Fsp3) is 0.647. The summed E-state index contributed by atoms with van der Waals surface area (Å²) in [5.74, 6) is 1.55. The van der Waals surface area contributed by atoms with Gasteiger partial charge in [-0.05, 0) is 55.1 Å². The van der Waals surface area contributed by atoms with E-state index in [1.165, 1.54) is 56.9 Å². The fourth-order valence-corrected chi connectivity index (χ4v) is 3.76. The minimum Gasteiger partial charge on any atom is -0.123 e. The van der Waals surface area contributed by atoms with Crippen molar-refractivity contribution in [2.45, 2.75) is 68.6 Å². The molecule has 0 aliphatic heterocycles. The highest BCUT2D eigenvalue weighted by Gasteiger charge is 2.22. The Morgan fingerprint density at radius 3 is 1.89 bits per heavy atom. The van der Waals surface area contributed by atoms with Crippen LogP contribution in [0.15, 0.2) is 24.3 Å². The predicted molar refractivity (Wildman–Crippen MR) is 78.5 cm³/mol. The van der Waals surface area contributed by atoms with E-state index < -0.39 is 0 Å². The lowest BCUT2D eigenvalue weighted by Crippen LogP contribution is -2.09. The molecule has 1 aromatic rings. The molecule has 0 amide bonds. The van der Waals surface area contributed by atoms with Crippen LogP contribution in [0.4, 0.5) is 0 Å². The molecule has 2 fully saturated rings. The number of hydrogen-bond donors (Lipinski definition) is 0. The van der Waals surface area contributed by atoms with E-state index in [1.807, 2.05) is 0 Å². The van der Waals surface area contributed by atoms with Gasteiger partial charge in [0.1, 0.15) is 0 Å². The van der Waals surface area contributed by atoms with Crippen LogP contribution in [0.25, 0.3) is 0 Å². The highest BCUT2D eigenvalue weighted by atomic mass is 35.5. The second kappa shape index (κ2) is 5.65. The molecule has 0 saturated heterocycles. The van der Waals surface area contributed by atoms with E-state index in [9.17, 15) is 0 Å². The summed E-state index contributed by atoms with van der Waals surface area (Å²) in [4.78, 5) is 0. The Morgan fingerprint density at radius 2 is 1.28 bits per heavy atom. The van der Waals surface area contributed by atoms with E-state index in [-0.39, 0.29) is 0 Å². The molecular weight excluding hydrogens is 240 g/mol. The highest BCUT2D eigenvalue weighted by Crippen LogP contribution is 2.38. The molecule has 2 unspecified atom stereocenters. The first-order valence-electron chi connectivity index (χ1n) is 7.57. The second-order valence-electron chi connectivity index (χ2n) is 6.11. The van der Waals surface area contributed by atoms with Crippen LogP contribution in [0.1, 0.15) is 74.3 Å². The number of rotatable bonds is 2. The number of benzene rings is 1. The van der Waals surface area contributed by atoms with Gasteiger partial charge in [0.2, 0.25) is 0 Å². The van der Waals surface area contributed by atoms with Gasteiger partial charge in [0.25, 0.3) is 0 Å². The fourth-order valence-electron chi connectivity index (χ4n) is 3.39. The molecular formula is C17H23Cl. The molecule has 2 aliphatic rings. The van der Waals surface area contributed by atoms with E-state index >= 15 is 0 Å². The van der Waals surface area contributed by atoms with Crippen molar-refractivity contribution in [1.82, 2.24) is 0 Å². The van der Waals surface area contributed by atoms with Crippen molar-refractivity contribution in [3.63, 3.8) is 0 Å². The first-order chi connectivity index (χ1) is 8.83. The number of hydrogen-bond acceptors (Lipinski definition) is 0. The minimum absolute atomic E-state index is 0.392. The van der Waals surface area contributed by atoms with Crippen LogP contribution >= 0.6 is 11.6 Å². The van der Waals surface area contributed by atoms with Gasteiger partial charge < -0.3 is 0 Å². The maximum atomic E-state index is 6.38. The monoisotopic (exact) mass is 262 g/mol. The van der Waals surface area contributed by atoms with E-state index in [0.717, 1.165) is 5.92 Å². The molecule has 0 radical (unpaired) electrons. The summed E-state index contributed by atoms with van der Waals surface area (Å²) in [6.45, 7) is 0. The molecule has 3 rings (SSSR count). The zero-order chi connectivity index (χ0) is 12.4. The molecule has 1 heteroatoms. The SMILES string of the molecule is ClC1CCCCC(c2ccc(C3CCC3)cc2)C1. The molecule has 0 spiro atoms. The summed E-state index contributed by atoms with van der Waals surface area (Å²) in [6, 6.07) is 9.47. The predicted octanol–water partition coefficient (Wildman–Crippen LogP) is 5.61. The van der Waals surface area contributed by atoms with Crippen molar-refractivity contribution in [3.8, 4) is 0 Å². The lowest BCUT2D eigenvalue weighted by atomic mass is 9.79. The summed E-state index contributed by atoms with van der Waals surface area (Å²) in [6.07, 6.45) is 10.6. The normalized spacial score (nSPS) is 29.6. The lowest BCUT2D eigenvalue weighted by molar-refractivity contribution is 0.419. The van der Waals surface area contributed by atoms with Crippen LogP contribution in [0.5, 0.6) is 0 Å². The Hall–Kier alpha value is -0.490. The van der Waals surface area contributed by atoms with Crippen molar-refractivity contribution in [2.75, 3.05) is 0 Å². The Labute approximate surface area is 116 Å². The Kier molecular flexibility index (Phi) is 3.94. The third-order valence-corrected chi connectivity index (χ3v) is 5.24. The first-order valence-corrected chi connectivity index (χ1v) is 8.00. The summed E-state index contributed by atoms with van der Waals surface area (Å²) in [5, 5.41) is 0.392. The molecule has 0 aromatic heterocycles. The number of halogens is 1. The highest BCUT2D eigenvalue weighted by molar-refractivity contribution is 6.20. The lowest BCUT2D eigenvalue weighted by Gasteiger charge is -2.26.